The second kappa shape index (κ2) is 7.25. The summed E-state index contributed by atoms with van der Waals surface area (Å²) in [6.07, 6.45) is 2.15. The number of aliphatic hydroxyl groups excluding tert-OH is 1. The summed E-state index contributed by atoms with van der Waals surface area (Å²) < 4.78 is 41.5. The average molecular weight is 368 g/mol. The van der Waals surface area contributed by atoms with Crippen LogP contribution in [0.3, 0.4) is 0 Å². The first kappa shape index (κ1) is 17.5. The molecule has 1 aliphatic heterocycles. The molecule has 11 heteroatoms. The molecule has 0 bridgehead atoms. The van der Waals surface area contributed by atoms with Crippen LogP contribution in [-0.4, -0.2) is 59.0 Å². The van der Waals surface area contributed by atoms with Crippen molar-refractivity contribution < 1.29 is 17.9 Å². The lowest BCUT2D eigenvalue weighted by atomic mass is 10.3. The van der Waals surface area contributed by atoms with Crippen molar-refractivity contribution in [1.29, 1.82) is 0 Å². The Morgan fingerprint density at radius 3 is 2.48 bits per heavy atom. The molecule has 1 fully saturated rings. The number of rotatable bonds is 5. The van der Waals surface area contributed by atoms with Gasteiger partial charge in [-0.1, -0.05) is 6.07 Å². The zero-order valence-corrected chi connectivity index (χ0v) is 14.0. The summed E-state index contributed by atoms with van der Waals surface area (Å²) in [7, 11) is -3.76. The Hall–Kier alpha value is -2.37. The third-order valence-corrected chi connectivity index (χ3v) is 5.18. The Morgan fingerprint density at radius 1 is 1.16 bits per heavy atom. The van der Waals surface area contributed by atoms with Gasteiger partial charge in [0.1, 0.15) is 5.82 Å². The summed E-state index contributed by atoms with van der Waals surface area (Å²) in [5.41, 5.74) is 0.374. The Bertz CT molecular complexity index is 825. The molecule has 0 aromatic carbocycles. The number of aliphatic hydroxyl groups is 1. The van der Waals surface area contributed by atoms with Crippen molar-refractivity contribution in [2.24, 2.45) is 0 Å². The van der Waals surface area contributed by atoms with E-state index >= 15 is 0 Å². The molecule has 3 heterocycles. The SMILES string of the molecule is O=S(=O)(Nc1cccc(CO)n1)N1CCN(c2ncc(F)cn2)CC1. The third-order valence-electron chi connectivity index (χ3n) is 3.67. The van der Waals surface area contributed by atoms with E-state index < -0.39 is 16.0 Å². The van der Waals surface area contributed by atoms with Crippen LogP contribution in [0, 0.1) is 5.82 Å². The predicted molar refractivity (Wildman–Crippen MR) is 88.5 cm³/mol. The highest BCUT2D eigenvalue weighted by Crippen LogP contribution is 2.15. The van der Waals surface area contributed by atoms with E-state index in [1.165, 1.54) is 10.4 Å². The van der Waals surface area contributed by atoms with Crippen molar-refractivity contribution >= 4 is 22.0 Å². The monoisotopic (exact) mass is 368 g/mol. The largest absolute Gasteiger partial charge is 0.390 e. The maximum Gasteiger partial charge on any atom is 0.302 e. The molecule has 134 valence electrons. The van der Waals surface area contributed by atoms with Crippen molar-refractivity contribution in [2.45, 2.75) is 6.61 Å². The number of hydrogen-bond donors (Lipinski definition) is 2. The topological polar surface area (TPSA) is 112 Å². The summed E-state index contributed by atoms with van der Waals surface area (Å²) in [6, 6.07) is 4.72. The quantitative estimate of drug-likeness (QED) is 0.763. The van der Waals surface area contributed by atoms with E-state index in [4.69, 9.17) is 5.11 Å². The maximum absolute atomic E-state index is 12.9. The third kappa shape index (κ3) is 4.18. The van der Waals surface area contributed by atoms with Crippen LogP contribution in [-0.2, 0) is 16.8 Å². The summed E-state index contributed by atoms with van der Waals surface area (Å²) >= 11 is 0. The van der Waals surface area contributed by atoms with Gasteiger partial charge in [0.25, 0.3) is 0 Å². The molecule has 1 saturated heterocycles. The molecule has 2 aromatic rings. The number of hydrogen-bond acceptors (Lipinski definition) is 7. The molecule has 25 heavy (non-hydrogen) atoms. The lowest BCUT2D eigenvalue weighted by molar-refractivity contribution is 0.277. The molecule has 0 atom stereocenters. The first-order chi connectivity index (χ1) is 12.0. The Labute approximate surface area is 144 Å². The van der Waals surface area contributed by atoms with Crippen LogP contribution in [0.25, 0.3) is 0 Å². The molecule has 1 aliphatic rings. The number of halogens is 1. The van der Waals surface area contributed by atoms with Gasteiger partial charge in [-0.2, -0.15) is 12.7 Å². The lowest BCUT2D eigenvalue weighted by Gasteiger charge is -2.33. The van der Waals surface area contributed by atoms with Gasteiger partial charge >= 0.3 is 10.2 Å². The number of nitrogens with zero attached hydrogens (tertiary/aromatic N) is 5. The number of pyridine rings is 1. The highest BCUT2D eigenvalue weighted by atomic mass is 32.2. The number of piperazine rings is 1. The van der Waals surface area contributed by atoms with Crippen molar-refractivity contribution in [3.8, 4) is 0 Å². The van der Waals surface area contributed by atoms with Gasteiger partial charge in [0.05, 0.1) is 24.7 Å². The van der Waals surface area contributed by atoms with Gasteiger partial charge in [-0.3, -0.25) is 4.72 Å². The molecular formula is C14H17FN6O3S. The van der Waals surface area contributed by atoms with Crippen LogP contribution in [0.15, 0.2) is 30.6 Å². The van der Waals surface area contributed by atoms with Crippen LogP contribution in [0.1, 0.15) is 5.69 Å². The molecule has 0 amide bonds. The second-order valence-corrected chi connectivity index (χ2v) is 7.04. The van der Waals surface area contributed by atoms with Crippen molar-refractivity contribution in [1.82, 2.24) is 19.3 Å². The van der Waals surface area contributed by atoms with E-state index in [0.717, 1.165) is 12.4 Å². The van der Waals surface area contributed by atoms with E-state index in [1.807, 2.05) is 0 Å². The fourth-order valence-corrected chi connectivity index (χ4v) is 3.57. The average Bonchev–Trinajstić information content (AvgIpc) is 2.62. The standard InChI is InChI=1S/C14H17FN6O3S/c15-11-8-16-14(17-9-11)20-4-6-21(7-5-20)25(23,24)19-13-3-1-2-12(10-22)18-13/h1-3,8-9,22H,4-7,10H2,(H,18,19). The molecule has 0 radical (unpaired) electrons. The summed E-state index contributed by atoms with van der Waals surface area (Å²) in [6.45, 7) is 0.963. The van der Waals surface area contributed by atoms with Gasteiger partial charge in [0.2, 0.25) is 5.95 Å². The van der Waals surface area contributed by atoms with Gasteiger partial charge < -0.3 is 10.0 Å². The minimum absolute atomic E-state index is 0.149. The molecule has 0 spiro atoms. The predicted octanol–water partition coefficient (Wildman–Crippen LogP) is -0.0181. The van der Waals surface area contributed by atoms with Crippen LogP contribution >= 0.6 is 0 Å². The van der Waals surface area contributed by atoms with E-state index in [-0.39, 0.29) is 25.5 Å². The van der Waals surface area contributed by atoms with Crippen molar-refractivity contribution in [3.63, 3.8) is 0 Å². The van der Waals surface area contributed by atoms with Gasteiger partial charge in [-0.15, -0.1) is 0 Å². The normalized spacial score (nSPS) is 16.0. The number of aromatic nitrogens is 3. The zero-order chi connectivity index (χ0) is 17.9. The molecule has 0 unspecified atom stereocenters. The minimum atomic E-state index is -3.76. The van der Waals surface area contributed by atoms with Gasteiger partial charge in [-0.05, 0) is 12.1 Å². The van der Waals surface area contributed by atoms with Gasteiger partial charge in [0.15, 0.2) is 5.82 Å². The molecule has 0 aliphatic carbocycles. The summed E-state index contributed by atoms with van der Waals surface area (Å²) in [5.74, 6) is -0.00802. The van der Waals surface area contributed by atoms with E-state index in [9.17, 15) is 12.8 Å². The van der Waals surface area contributed by atoms with E-state index in [2.05, 4.69) is 19.7 Å². The van der Waals surface area contributed by atoms with E-state index in [0.29, 0.717) is 24.7 Å². The Balaban J connectivity index is 1.63. The summed E-state index contributed by atoms with van der Waals surface area (Å²) in [4.78, 5) is 13.6. The first-order valence-electron chi connectivity index (χ1n) is 7.55. The van der Waals surface area contributed by atoms with Crippen molar-refractivity contribution in [2.75, 3.05) is 35.8 Å². The van der Waals surface area contributed by atoms with Gasteiger partial charge in [-0.25, -0.2) is 19.3 Å². The molecule has 9 nitrogen and oxygen atoms in total. The van der Waals surface area contributed by atoms with Crippen LogP contribution in [0.2, 0.25) is 0 Å². The summed E-state index contributed by atoms with van der Waals surface area (Å²) in [5, 5.41) is 9.07. The minimum Gasteiger partial charge on any atom is -0.390 e. The number of nitrogens with one attached hydrogen (secondary N) is 1. The smallest absolute Gasteiger partial charge is 0.302 e. The lowest BCUT2D eigenvalue weighted by Crippen LogP contribution is -2.50. The molecule has 2 aromatic heterocycles. The maximum atomic E-state index is 12.9. The molecule has 0 saturated carbocycles. The zero-order valence-electron chi connectivity index (χ0n) is 13.2. The van der Waals surface area contributed by atoms with E-state index in [1.54, 1.807) is 17.0 Å². The fourth-order valence-electron chi connectivity index (χ4n) is 2.42. The first-order valence-corrected chi connectivity index (χ1v) is 8.99. The fraction of sp³-hybridized carbons (Fsp3) is 0.357. The Kier molecular flexibility index (Phi) is 5.06. The highest BCUT2D eigenvalue weighted by Gasteiger charge is 2.28. The Morgan fingerprint density at radius 2 is 1.84 bits per heavy atom. The number of anilines is 2. The van der Waals surface area contributed by atoms with Gasteiger partial charge in [0, 0.05) is 26.2 Å². The van der Waals surface area contributed by atoms with Crippen molar-refractivity contribution in [3.05, 3.63) is 42.1 Å². The molecule has 2 N–H and O–H groups in total. The molecule has 3 rings (SSSR count). The van der Waals surface area contributed by atoms with Crippen LogP contribution in [0.4, 0.5) is 16.2 Å². The van der Waals surface area contributed by atoms with Crippen LogP contribution < -0.4 is 9.62 Å². The highest BCUT2D eigenvalue weighted by molar-refractivity contribution is 7.90. The van der Waals surface area contributed by atoms with Crippen LogP contribution in [0.5, 0.6) is 0 Å². The second-order valence-electron chi connectivity index (χ2n) is 5.37. The molecular weight excluding hydrogens is 351 g/mol.